The van der Waals surface area contributed by atoms with Crippen LogP contribution in [0, 0.1) is 0 Å². The van der Waals surface area contributed by atoms with Gasteiger partial charge >= 0.3 is 0 Å². The van der Waals surface area contributed by atoms with E-state index in [1.165, 1.54) is 4.90 Å². The van der Waals surface area contributed by atoms with Crippen molar-refractivity contribution < 1.29 is 9.59 Å². The van der Waals surface area contributed by atoms with Gasteiger partial charge in [0.2, 0.25) is 5.91 Å². The van der Waals surface area contributed by atoms with Crippen LogP contribution in [0.3, 0.4) is 0 Å². The number of carbonyl (C=O) groups is 2. The number of rotatable bonds is 2. The highest BCUT2D eigenvalue weighted by molar-refractivity contribution is 5.97. The zero-order chi connectivity index (χ0) is 14.7. The molecule has 0 N–H and O–H groups in total. The lowest BCUT2D eigenvalue weighted by Gasteiger charge is -2.40. The van der Waals surface area contributed by atoms with Crippen molar-refractivity contribution in [1.82, 2.24) is 19.7 Å². The Balaban J connectivity index is 2.23. The Kier molecular flexibility index (Phi) is 4.34. The number of amides is 2. The van der Waals surface area contributed by atoms with Crippen LogP contribution in [0.5, 0.6) is 0 Å². The van der Waals surface area contributed by atoms with Crippen molar-refractivity contribution >= 4 is 11.8 Å². The third kappa shape index (κ3) is 2.96. The van der Waals surface area contributed by atoms with Crippen LogP contribution in [0.4, 0.5) is 0 Å². The molecule has 1 atom stereocenters. The zero-order valence-corrected chi connectivity index (χ0v) is 12.1. The standard InChI is InChI=1S/C14H20N4O2/c1-16(2)14(20)12-10-17(3)8-9-18(12)13(19)11-4-6-15-7-5-11/h4-7,12H,8-10H2,1-3H3/t12-/m1/s1. The molecule has 6 nitrogen and oxygen atoms in total. The van der Waals surface area contributed by atoms with E-state index in [1.807, 2.05) is 7.05 Å². The second kappa shape index (κ2) is 6.00. The van der Waals surface area contributed by atoms with Crippen LogP contribution in [0.25, 0.3) is 0 Å². The fourth-order valence-electron chi connectivity index (χ4n) is 2.33. The van der Waals surface area contributed by atoms with E-state index >= 15 is 0 Å². The molecule has 0 saturated carbocycles. The van der Waals surface area contributed by atoms with Crippen LogP contribution in [0.15, 0.2) is 24.5 Å². The maximum absolute atomic E-state index is 12.6. The van der Waals surface area contributed by atoms with Crippen molar-refractivity contribution in [2.75, 3.05) is 40.8 Å². The Morgan fingerprint density at radius 2 is 1.90 bits per heavy atom. The number of carbonyl (C=O) groups excluding carboxylic acids is 2. The fourth-order valence-corrected chi connectivity index (χ4v) is 2.33. The highest BCUT2D eigenvalue weighted by atomic mass is 16.2. The molecule has 1 aliphatic heterocycles. The minimum atomic E-state index is -0.426. The van der Waals surface area contributed by atoms with Gasteiger partial charge in [-0.15, -0.1) is 0 Å². The molecule has 0 aromatic carbocycles. The van der Waals surface area contributed by atoms with Gasteiger partial charge in [0.15, 0.2) is 0 Å². The van der Waals surface area contributed by atoms with E-state index in [-0.39, 0.29) is 11.8 Å². The Labute approximate surface area is 119 Å². The number of hydrogen-bond donors (Lipinski definition) is 0. The van der Waals surface area contributed by atoms with Crippen molar-refractivity contribution in [3.05, 3.63) is 30.1 Å². The van der Waals surface area contributed by atoms with Crippen LogP contribution >= 0.6 is 0 Å². The summed E-state index contributed by atoms with van der Waals surface area (Å²) in [4.78, 5) is 34.0. The van der Waals surface area contributed by atoms with Crippen molar-refractivity contribution in [3.8, 4) is 0 Å². The van der Waals surface area contributed by atoms with E-state index in [1.54, 1.807) is 43.5 Å². The predicted octanol–water partition coefficient (Wildman–Crippen LogP) is -0.0740. The molecule has 1 aliphatic rings. The van der Waals surface area contributed by atoms with Gasteiger partial charge in [0.25, 0.3) is 5.91 Å². The van der Waals surface area contributed by atoms with Gasteiger partial charge in [-0.1, -0.05) is 0 Å². The van der Waals surface area contributed by atoms with Gasteiger partial charge in [0.1, 0.15) is 6.04 Å². The molecule has 108 valence electrons. The number of pyridine rings is 1. The molecule has 0 spiro atoms. The van der Waals surface area contributed by atoms with Crippen LogP contribution < -0.4 is 0 Å². The lowest BCUT2D eigenvalue weighted by Crippen LogP contribution is -2.59. The summed E-state index contributed by atoms with van der Waals surface area (Å²) in [6.07, 6.45) is 3.18. The minimum absolute atomic E-state index is 0.0426. The van der Waals surface area contributed by atoms with Crippen LogP contribution in [0.2, 0.25) is 0 Å². The van der Waals surface area contributed by atoms with Crippen LogP contribution in [-0.4, -0.2) is 78.3 Å². The molecule has 0 unspecified atom stereocenters. The molecule has 0 radical (unpaired) electrons. The molecule has 0 bridgehead atoms. The summed E-state index contributed by atoms with van der Waals surface area (Å²) >= 11 is 0. The molecule has 20 heavy (non-hydrogen) atoms. The summed E-state index contributed by atoms with van der Waals surface area (Å²) in [5.74, 6) is -0.153. The Morgan fingerprint density at radius 1 is 1.25 bits per heavy atom. The maximum atomic E-state index is 12.6. The fraction of sp³-hybridized carbons (Fsp3) is 0.500. The molecule has 0 aliphatic carbocycles. The van der Waals surface area contributed by atoms with Gasteiger partial charge in [-0.05, 0) is 19.2 Å². The third-order valence-corrected chi connectivity index (χ3v) is 3.50. The first-order chi connectivity index (χ1) is 9.50. The average molecular weight is 276 g/mol. The Bertz CT molecular complexity index is 489. The third-order valence-electron chi connectivity index (χ3n) is 3.50. The number of aromatic nitrogens is 1. The first-order valence-electron chi connectivity index (χ1n) is 6.61. The monoisotopic (exact) mass is 276 g/mol. The molecule has 6 heteroatoms. The van der Waals surface area contributed by atoms with Gasteiger partial charge in [0.05, 0.1) is 0 Å². The summed E-state index contributed by atoms with van der Waals surface area (Å²) in [7, 11) is 5.39. The molecular formula is C14H20N4O2. The lowest BCUT2D eigenvalue weighted by molar-refractivity contribution is -0.135. The highest BCUT2D eigenvalue weighted by Crippen LogP contribution is 2.14. The van der Waals surface area contributed by atoms with E-state index in [2.05, 4.69) is 9.88 Å². The lowest BCUT2D eigenvalue weighted by atomic mass is 10.1. The topological polar surface area (TPSA) is 56.8 Å². The van der Waals surface area contributed by atoms with Gasteiger partial charge in [0, 0.05) is 51.7 Å². The first-order valence-corrected chi connectivity index (χ1v) is 6.61. The Morgan fingerprint density at radius 3 is 2.50 bits per heavy atom. The molecular weight excluding hydrogens is 256 g/mol. The number of nitrogens with zero attached hydrogens (tertiary/aromatic N) is 4. The Hall–Kier alpha value is -1.95. The highest BCUT2D eigenvalue weighted by Gasteiger charge is 2.35. The van der Waals surface area contributed by atoms with Gasteiger partial charge < -0.3 is 14.7 Å². The van der Waals surface area contributed by atoms with E-state index in [9.17, 15) is 9.59 Å². The molecule has 2 amide bonds. The summed E-state index contributed by atoms with van der Waals surface area (Å²) in [5, 5.41) is 0. The number of piperazine rings is 1. The van der Waals surface area contributed by atoms with Gasteiger partial charge in [-0.3, -0.25) is 14.6 Å². The SMILES string of the molecule is CN1CCN(C(=O)c2ccncc2)[C@@H](C(=O)N(C)C)C1. The molecule has 1 aromatic rings. The molecule has 1 aromatic heterocycles. The summed E-state index contributed by atoms with van der Waals surface area (Å²) < 4.78 is 0. The van der Waals surface area contributed by atoms with E-state index < -0.39 is 6.04 Å². The smallest absolute Gasteiger partial charge is 0.254 e. The zero-order valence-electron chi connectivity index (χ0n) is 12.1. The predicted molar refractivity (Wildman–Crippen MR) is 75.3 cm³/mol. The largest absolute Gasteiger partial charge is 0.347 e. The van der Waals surface area contributed by atoms with Gasteiger partial charge in [-0.2, -0.15) is 0 Å². The molecule has 1 fully saturated rings. The quantitative estimate of drug-likeness (QED) is 0.758. The van der Waals surface area contributed by atoms with E-state index in [0.717, 1.165) is 6.54 Å². The second-order valence-corrected chi connectivity index (χ2v) is 5.25. The van der Waals surface area contributed by atoms with Gasteiger partial charge in [-0.25, -0.2) is 0 Å². The molecule has 2 rings (SSSR count). The minimum Gasteiger partial charge on any atom is -0.347 e. The number of hydrogen-bond acceptors (Lipinski definition) is 4. The van der Waals surface area contributed by atoms with E-state index in [0.29, 0.717) is 18.7 Å². The molecule has 2 heterocycles. The van der Waals surface area contributed by atoms with Crippen molar-refractivity contribution in [3.63, 3.8) is 0 Å². The summed E-state index contributed by atoms with van der Waals surface area (Å²) in [6.45, 7) is 1.89. The summed E-state index contributed by atoms with van der Waals surface area (Å²) in [5.41, 5.74) is 0.570. The van der Waals surface area contributed by atoms with Crippen LogP contribution in [-0.2, 0) is 4.79 Å². The van der Waals surface area contributed by atoms with Crippen molar-refractivity contribution in [1.29, 1.82) is 0 Å². The van der Waals surface area contributed by atoms with Crippen LogP contribution in [0.1, 0.15) is 10.4 Å². The second-order valence-electron chi connectivity index (χ2n) is 5.25. The normalized spacial score (nSPS) is 19.8. The van der Waals surface area contributed by atoms with Crippen molar-refractivity contribution in [2.24, 2.45) is 0 Å². The first kappa shape index (κ1) is 14.5. The van der Waals surface area contributed by atoms with E-state index in [4.69, 9.17) is 0 Å². The molecule has 1 saturated heterocycles. The maximum Gasteiger partial charge on any atom is 0.254 e. The average Bonchev–Trinajstić information content (AvgIpc) is 2.46. The number of likely N-dealkylation sites (N-methyl/N-ethyl adjacent to an activating group) is 2. The van der Waals surface area contributed by atoms with Crippen molar-refractivity contribution in [2.45, 2.75) is 6.04 Å². The summed E-state index contributed by atoms with van der Waals surface area (Å²) in [6, 6.07) is 2.93.